The molecule has 2 fully saturated rings. The van der Waals surface area contributed by atoms with Gasteiger partial charge in [-0.2, -0.15) is 11.8 Å². The topological polar surface area (TPSA) is 70.7 Å². The summed E-state index contributed by atoms with van der Waals surface area (Å²) in [6.45, 7) is 3.65. The Balaban J connectivity index is 1.59. The van der Waals surface area contributed by atoms with Crippen LogP contribution in [0.4, 0.5) is 10.1 Å². The molecule has 0 saturated carbocycles. The zero-order valence-electron chi connectivity index (χ0n) is 14.9. The molecule has 0 radical (unpaired) electrons. The molecule has 148 valence electrons. The first kappa shape index (κ1) is 20.4. The molecule has 27 heavy (non-hydrogen) atoms. The highest BCUT2D eigenvalue weighted by Gasteiger charge is 2.39. The number of carbonyl (C=O) groups excluding carboxylic acids is 2. The van der Waals surface area contributed by atoms with Crippen molar-refractivity contribution in [2.75, 3.05) is 49.7 Å². The quantitative estimate of drug-likeness (QED) is 0.737. The number of rotatable bonds is 4. The van der Waals surface area contributed by atoms with Crippen LogP contribution in [0.15, 0.2) is 18.2 Å². The van der Waals surface area contributed by atoms with Gasteiger partial charge in [0.15, 0.2) is 0 Å². The fourth-order valence-corrected chi connectivity index (χ4v) is 4.56. The Hall–Kier alpha value is -1.35. The van der Waals surface area contributed by atoms with Crippen molar-refractivity contribution < 1.29 is 18.7 Å². The third-order valence-corrected chi connectivity index (χ3v) is 6.30. The van der Waals surface area contributed by atoms with Crippen LogP contribution in [0.5, 0.6) is 0 Å². The van der Waals surface area contributed by atoms with Crippen LogP contribution in [-0.4, -0.2) is 66.6 Å². The van der Waals surface area contributed by atoms with Crippen LogP contribution < -0.4 is 10.6 Å². The molecular weight excluding hydrogens is 393 g/mol. The summed E-state index contributed by atoms with van der Waals surface area (Å²) in [6.07, 6.45) is 1.65. The van der Waals surface area contributed by atoms with Gasteiger partial charge in [-0.25, -0.2) is 4.39 Å². The molecule has 1 aromatic carbocycles. The second-order valence-corrected chi connectivity index (χ2v) is 8.33. The monoisotopic (exact) mass is 415 g/mol. The maximum atomic E-state index is 13.2. The SMILES string of the molecule is O=C(NCC1(N2CCSCC2)CCOCC1)C(=O)Nc1ccc(F)c(Cl)c1. The fraction of sp³-hybridized carbons (Fsp3) is 0.556. The Morgan fingerprint density at radius 1 is 1.22 bits per heavy atom. The number of anilines is 1. The van der Waals surface area contributed by atoms with Crippen LogP contribution in [0.3, 0.4) is 0 Å². The minimum atomic E-state index is -0.797. The molecule has 3 rings (SSSR count). The number of halogens is 2. The standard InChI is InChI=1S/C18H23ClFN3O3S/c19-14-11-13(1-2-15(14)20)22-17(25)16(24)21-12-18(3-7-26-8-4-18)23-5-9-27-10-6-23/h1-2,11H,3-10,12H2,(H,21,24)(H,22,25). The van der Waals surface area contributed by atoms with Gasteiger partial charge in [-0.3, -0.25) is 14.5 Å². The maximum absolute atomic E-state index is 13.2. The van der Waals surface area contributed by atoms with Crippen molar-refractivity contribution in [3.05, 3.63) is 29.0 Å². The number of benzene rings is 1. The molecule has 0 unspecified atom stereocenters. The van der Waals surface area contributed by atoms with Gasteiger partial charge in [-0.1, -0.05) is 11.6 Å². The minimum absolute atomic E-state index is 0.114. The molecule has 2 aliphatic heterocycles. The zero-order chi connectivity index (χ0) is 19.3. The molecule has 9 heteroatoms. The van der Waals surface area contributed by atoms with Crippen LogP contribution in [0.25, 0.3) is 0 Å². The minimum Gasteiger partial charge on any atom is -0.381 e. The van der Waals surface area contributed by atoms with Gasteiger partial charge in [-0.05, 0) is 31.0 Å². The van der Waals surface area contributed by atoms with Gasteiger partial charge in [-0.15, -0.1) is 0 Å². The maximum Gasteiger partial charge on any atom is 0.313 e. The average Bonchev–Trinajstić information content (AvgIpc) is 2.70. The van der Waals surface area contributed by atoms with E-state index < -0.39 is 17.6 Å². The molecule has 6 nitrogen and oxygen atoms in total. The van der Waals surface area contributed by atoms with Gasteiger partial charge in [0, 0.05) is 55.6 Å². The summed E-state index contributed by atoms with van der Waals surface area (Å²) in [4.78, 5) is 26.9. The molecule has 2 heterocycles. The summed E-state index contributed by atoms with van der Waals surface area (Å²) >= 11 is 7.63. The molecule has 0 spiro atoms. The summed E-state index contributed by atoms with van der Waals surface area (Å²) in [7, 11) is 0. The molecule has 2 amide bonds. The van der Waals surface area contributed by atoms with Crippen molar-refractivity contribution in [3.8, 4) is 0 Å². The van der Waals surface area contributed by atoms with E-state index in [4.69, 9.17) is 16.3 Å². The number of nitrogens with zero attached hydrogens (tertiary/aromatic N) is 1. The van der Waals surface area contributed by atoms with E-state index in [1.165, 1.54) is 12.1 Å². The number of nitrogens with one attached hydrogen (secondary N) is 2. The molecule has 2 N–H and O–H groups in total. The number of hydrogen-bond acceptors (Lipinski definition) is 5. The van der Waals surface area contributed by atoms with E-state index in [1.54, 1.807) is 0 Å². The Morgan fingerprint density at radius 2 is 1.93 bits per heavy atom. The van der Waals surface area contributed by atoms with E-state index in [2.05, 4.69) is 15.5 Å². The normalized spacial score (nSPS) is 20.1. The summed E-state index contributed by atoms with van der Waals surface area (Å²) in [5, 5.41) is 5.11. The highest BCUT2D eigenvalue weighted by Crippen LogP contribution is 2.30. The molecular formula is C18H23ClFN3O3S. The Bertz CT molecular complexity index is 694. The van der Waals surface area contributed by atoms with Gasteiger partial charge >= 0.3 is 11.8 Å². The van der Waals surface area contributed by atoms with E-state index in [-0.39, 0.29) is 16.2 Å². The lowest BCUT2D eigenvalue weighted by atomic mass is 9.87. The molecule has 2 saturated heterocycles. The number of hydrogen-bond donors (Lipinski definition) is 2. The zero-order valence-corrected chi connectivity index (χ0v) is 16.5. The molecule has 0 aliphatic carbocycles. The predicted octanol–water partition coefficient (Wildman–Crippen LogP) is 2.13. The van der Waals surface area contributed by atoms with Crippen LogP contribution in [0.1, 0.15) is 12.8 Å². The lowest BCUT2D eigenvalue weighted by molar-refractivity contribution is -0.136. The molecule has 2 aliphatic rings. The summed E-state index contributed by atoms with van der Waals surface area (Å²) in [5.41, 5.74) is 0.101. The second kappa shape index (κ2) is 9.23. The third kappa shape index (κ3) is 5.13. The van der Waals surface area contributed by atoms with Crippen LogP contribution in [0, 0.1) is 5.82 Å². The summed E-state index contributed by atoms with van der Waals surface area (Å²) in [6, 6.07) is 3.77. The van der Waals surface area contributed by atoms with E-state index in [9.17, 15) is 14.0 Å². The van der Waals surface area contributed by atoms with E-state index >= 15 is 0 Å². The summed E-state index contributed by atoms with van der Waals surface area (Å²) in [5.74, 6) is 0.0483. The molecule has 1 aromatic rings. The largest absolute Gasteiger partial charge is 0.381 e. The van der Waals surface area contributed by atoms with Crippen molar-refractivity contribution in [2.45, 2.75) is 18.4 Å². The molecule has 0 aromatic heterocycles. The van der Waals surface area contributed by atoms with Crippen LogP contribution >= 0.6 is 23.4 Å². The van der Waals surface area contributed by atoms with Crippen molar-refractivity contribution in [1.29, 1.82) is 0 Å². The molecule has 0 bridgehead atoms. The van der Waals surface area contributed by atoms with Gasteiger partial charge in [0.1, 0.15) is 5.82 Å². The number of thioether (sulfide) groups is 1. The smallest absolute Gasteiger partial charge is 0.313 e. The number of ether oxygens (including phenoxy) is 1. The van der Waals surface area contributed by atoms with Crippen molar-refractivity contribution in [2.24, 2.45) is 0 Å². The average molecular weight is 416 g/mol. The van der Waals surface area contributed by atoms with Crippen molar-refractivity contribution in [1.82, 2.24) is 10.2 Å². The molecule has 0 atom stereocenters. The lowest BCUT2D eigenvalue weighted by Crippen LogP contribution is -2.61. The second-order valence-electron chi connectivity index (χ2n) is 6.70. The van der Waals surface area contributed by atoms with Crippen LogP contribution in [0.2, 0.25) is 5.02 Å². The lowest BCUT2D eigenvalue weighted by Gasteiger charge is -2.47. The van der Waals surface area contributed by atoms with E-state index in [1.807, 2.05) is 11.8 Å². The Labute approximate surface area is 167 Å². The van der Waals surface area contributed by atoms with Gasteiger partial charge in [0.25, 0.3) is 0 Å². The first-order valence-corrected chi connectivity index (χ1v) is 10.5. The van der Waals surface area contributed by atoms with Crippen molar-refractivity contribution >= 4 is 40.9 Å². The number of amides is 2. The van der Waals surface area contributed by atoms with Gasteiger partial charge in [0.2, 0.25) is 0 Å². The van der Waals surface area contributed by atoms with Gasteiger partial charge < -0.3 is 15.4 Å². The fourth-order valence-electron chi connectivity index (χ4n) is 3.48. The highest BCUT2D eigenvalue weighted by molar-refractivity contribution is 7.99. The predicted molar refractivity (Wildman–Crippen MR) is 105 cm³/mol. The first-order valence-electron chi connectivity index (χ1n) is 8.95. The van der Waals surface area contributed by atoms with E-state index in [0.717, 1.165) is 43.5 Å². The Morgan fingerprint density at radius 3 is 2.59 bits per heavy atom. The first-order chi connectivity index (χ1) is 13.0. The van der Waals surface area contributed by atoms with Crippen LogP contribution in [-0.2, 0) is 14.3 Å². The van der Waals surface area contributed by atoms with Gasteiger partial charge in [0.05, 0.1) is 5.02 Å². The van der Waals surface area contributed by atoms with Crippen molar-refractivity contribution in [3.63, 3.8) is 0 Å². The number of carbonyl (C=O) groups is 2. The van der Waals surface area contributed by atoms with E-state index in [0.29, 0.717) is 19.8 Å². The highest BCUT2D eigenvalue weighted by atomic mass is 35.5. The summed E-state index contributed by atoms with van der Waals surface area (Å²) < 4.78 is 18.7. The Kier molecular flexibility index (Phi) is 6.97. The third-order valence-electron chi connectivity index (χ3n) is 5.07.